The molecule has 4 aromatic rings. The summed E-state index contributed by atoms with van der Waals surface area (Å²) in [6.45, 7) is 1.24. The number of hydrogen-bond donors (Lipinski definition) is 1. The molecule has 1 aliphatic carbocycles. The Morgan fingerprint density at radius 1 is 1.06 bits per heavy atom. The van der Waals surface area contributed by atoms with Gasteiger partial charge >= 0.3 is 0 Å². The minimum absolute atomic E-state index is 0.175. The monoisotopic (exact) mass is 452 g/mol. The van der Waals surface area contributed by atoms with Crippen LogP contribution in [0, 0.1) is 0 Å². The topological polar surface area (TPSA) is 98.5 Å². The van der Waals surface area contributed by atoms with E-state index >= 15 is 0 Å². The molecule has 0 radical (unpaired) electrons. The van der Waals surface area contributed by atoms with Crippen LogP contribution in [0.15, 0.2) is 65.2 Å². The SMILES string of the molecule is O=C([O-])CNc1cc(N2CCC(c3ccccc3)CC2)c2noc3c2c1C(=O)c1ccccc1-3. The maximum absolute atomic E-state index is 13.5. The second-order valence-corrected chi connectivity index (χ2v) is 8.83. The highest BCUT2D eigenvalue weighted by atomic mass is 16.5. The highest BCUT2D eigenvalue weighted by Crippen LogP contribution is 2.46. The zero-order valence-electron chi connectivity index (χ0n) is 18.4. The van der Waals surface area contributed by atoms with Crippen LogP contribution in [0.5, 0.6) is 0 Å². The Bertz CT molecular complexity index is 1420. The molecule has 7 nitrogen and oxygen atoms in total. The second-order valence-electron chi connectivity index (χ2n) is 8.83. The molecule has 3 aromatic carbocycles. The zero-order chi connectivity index (χ0) is 23.2. The Morgan fingerprint density at radius 2 is 1.76 bits per heavy atom. The molecule has 1 fully saturated rings. The molecule has 34 heavy (non-hydrogen) atoms. The summed E-state index contributed by atoms with van der Waals surface area (Å²) in [5, 5.41) is 19.1. The number of fused-ring (bicyclic) bond motifs is 2. The van der Waals surface area contributed by atoms with Gasteiger partial charge in [-0.1, -0.05) is 59.8 Å². The van der Waals surface area contributed by atoms with Gasteiger partial charge in [0.2, 0.25) is 0 Å². The van der Waals surface area contributed by atoms with E-state index in [4.69, 9.17) is 4.52 Å². The number of piperidine rings is 1. The first-order valence-corrected chi connectivity index (χ1v) is 11.5. The van der Waals surface area contributed by atoms with Crippen molar-refractivity contribution in [3.63, 3.8) is 0 Å². The lowest BCUT2D eigenvalue weighted by Gasteiger charge is -2.34. The average molecular weight is 452 g/mol. The van der Waals surface area contributed by atoms with Crippen LogP contribution >= 0.6 is 0 Å². The van der Waals surface area contributed by atoms with Crippen LogP contribution in [0.25, 0.3) is 22.2 Å². The summed E-state index contributed by atoms with van der Waals surface area (Å²) in [5.74, 6) is -0.390. The number of hydrogen-bond acceptors (Lipinski definition) is 7. The van der Waals surface area contributed by atoms with E-state index in [-0.39, 0.29) is 5.78 Å². The van der Waals surface area contributed by atoms with E-state index in [9.17, 15) is 14.7 Å². The normalized spacial score (nSPS) is 15.4. The number of aliphatic carboxylic acids is 1. The van der Waals surface area contributed by atoms with Crippen LogP contribution in [-0.2, 0) is 4.79 Å². The molecule has 1 aliphatic heterocycles. The third kappa shape index (κ3) is 3.23. The molecule has 2 aliphatic rings. The van der Waals surface area contributed by atoms with Crippen molar-refractivity contribution >= 4 is 34.0 Å². The third-order valence-corrected chi connectivity index (χ3v) is 6.91. The van der Waals surface area contributed by atoms with Crippen LogP contribution in [0.1, 0.15) is 40.2 Å². The Labute approximate surface area is 196 Å². The molecule has 0 bridgehead atoms. The third-order valence-electron chi connectivity index (χ3n) is 6.91. The van der Waals surface area contributed by atoms with Crippen molar-refractivity contribution in [3.8, 4) is 11.3 Å². The first kappa shape index (κ1) is 20.5. The van der Waals surface area contributed by atoms with Crippen LogP contribution in [0.2, 0.25) is 0 Å². The van der Waals surface area contributed by atoms with Gasteiger partial charge in [-0.25, -0.2) is 0 Å². The molecular weight excluding hydrogens is 430 g/mol. The lowest BCUT2D eigenvalue weighted by atomic mass is 9.85. The van der Waals surface area contributed by atoms with Crippen molar-refractivity contribution in [3.05, 3.63) is 77.4 Å². The minimum Gasteiger partial charge on any atom is -0.548 e. The van der Waals surface area contributed by atoms with E-state index < -0.39 is 12.5 Å². The van der Waals surface area contributed by atoms with Crippen LogP contribution in [0.4, 0.5) is 11.4 Å². The van der Waals surface area contributed by atoms with Crippen LogP contribution < -0.4 is 15.3 Å². The largest absolute Gasteiger partial charge is 0.548 e. The number of ketones is 1. The van der Waals surface area contributed by atoms with E-state index in [1.165, 1.54) is 5.56 Å². The molecule has 1 aromatic heterocycles. The fourth-order valence-corrected chi connectivity index (χ4v) is 5.27. The number of carboxylic acids is 1. The lowest BCUT2D eigenvalue weighted by Crippen LogP contribution is -2.33. The van der Waals surface area contributed by atoms with Crippen LogP contribution in [-0.4, -0.2) is 36.5 Å². The quantitative estimate of drug-likeness (QED) is 0.435. The summed E-state index contributed by atoms with van der Waals surface area (Å²) in [6.07, 6.45) is 1.98. The first-order chi connectivity index (χ1) is 16.6. The van der Waals surface area contributed by atoms with Gasteiger partial charge < -0.3 is 24.6 Å². The number of aromatic nitrogens is 1. The summed E-state index contributed by atoms with van der Waals surface area (Å²) >= 11 is 0. The highest BCUT2D eigenvalue weighted by Gasteiger charge is 2.34. The standard InChI is InChI=1S/C27H23N3O4/c31-22(32)15-28-20-14-21(30-12-10-17(11-13-30)16-6-2-1-3-7-16)25-24-23(20)26(33)18-8-4-5-9-19(18)27(24)34-29-25/h1-9,14,17,28H,10-13,15H2,(H,31,32)/p-1. The van der Waals surface area contributed by atoms with E-state index in [0.717, 1.165) is 31.6 Å². The Morgan fingerprint density at radius 3 is 2.50 bits per heavy atom. The number of carboxylic acid groups (broad SMARTS) is 1. The number of benzene rings is 3. The second kappa shape index (κ2) is 8.02. The molecule has 1 N–H and O–H groups in total. The van der Waals surface area contributed by atoms with E-state index in [2.05, 4.69) is 39.6 Å². The van der Waals surface area contributed by atoms with Gasteiger partial charge in [-0.05, 0) is 30.4 Å². The number of carbonyl (C=O) groups excluding carboxylic acids is 2. The fraction of sp³-hybridized carbons (Fsp3) is 0.222. The molecule has 0 amide bonds. The Hall–Kier alpha value is -4.13. The molecule has 170 valence electrons. The predicted octanol–water partition coefficient (Wildman–Crippen LogP) is 3.59. The number of nitrogens with one attached hydrogen (secondary N) is 1. The van der Waals surface area contributed by atoms with Gasteiger partial charge in [0.15, 0.2) is 11.5 Å². The van der Waals surface area contributed by atoms with Crippen molar-refractivity contribution in [2.75, 3.05) is 29.9 Å². The molecule has 0 spiro atoms. The predicted molar refractivity (Wildman–Crippen MR) is 127 cm³/mol. The number of nitrogens with zero attached hydrogens (tertiary/aromatic N) is 2. The van der Waals surface area contributed by atoms with Gasteiger partial charge in [0.1, 0.15) is 5.52 Å². The van der Waals surface area contributed by atoms with E-state index in [0.29, 0.717) is 45.0 Å². The van der Waals surface area contributed by atoms with E-state index in [1.807, 2.05) is 24.3 Å². The van der Waals surface area contributed by atoms with Gasteiger partial charge in [-0.3, -0.25) is 4.79 Å². The molecule has 6 rings (SSSR count). The van der Waals surface area contributed by atoms with Gasteiger partial charge in [-0.2, -0.15) is 0 Å². The summed E-state index contributed by atoms with van der Waals surface area (Å²) in [4.78, 5) is 26.9. The summed E-state index contributed by atoms with van der Waals surface area (Å²) in [6, 6.07) is 19.6. The number of anilines is 2. The van der Waals surface area contributed by atoms with Crippen molar-refractivity contribution in [2.24, 2.45) is 0 Å². The molecule has 0 saturated carbocycles. The maximum Gasteiger partial charge on any atom is 0.196 e. The molecule has 2 heterocycles. The molecule has 1 saturated heterocycles. The van der Waals surface area contributed by atoms with Crippen LogP contribution in [0.3, 0.4) is 0 Å². The summed E-state index contributed by atoms with van der Waals surface area (Å²) in [7, 11) is 0. The summed E-state index contributed by atoms with van der Waals surface area (Å²) in [5.41, 5.74) is 4.89. The van der Waals surface area contributed by atoms with E-state index in [1.54, 1.807) is 12.1 Å². The Kier molecular flexibility index (Phi) is 4.83. The van der Waals surface area contributed by atoms with Crippen molar-refractivity contribution in [2.45, 2.75) is 18.8 Å². The first-order valence-electron chi connectivity index (χ1n) is 11.5. The minimum atomic E-state index is -1.24. The molecular formula is C27H22N3O4-. The zero-order valence-corrected chi connectivity index (χ0v) is 18.4. The van der Waals surface area contributed by atoms with Crippen molar-refractivity contribution in [1.82, 2.24) is 5.16 Å². The molecule has 0 atom stereocenters. The van der Waals surface area contributed by atoms with Gasteiger partial charge in [0, 0.05) is 29.9 Å². The van der Waals surface area contributed by atoms with Gasteiger partial charge in [-0.15, -0.1) is 0 Å². The van der Waals surface area contributed by atoms with Crippen molar-refractivity contribution < 1.29 is 19.2 Å². The number of rotatable bonds is 5. The Balaban J connectivity index is 1.44. The lowest BCUT2D eigenvalue weighted by molar-refractivity contribution is -0.302. The smallest absolute Gasteiger partial charge is 0.196 e. The molecule has 0 unspecified atom stereocenters. The van der Waals surface area contributed by atoms with Crippen molar-refractivity contribution in [1.29, 1.82) is 0 Å². The molecule has 7 heteroatoms. The average Bonchev–Trinajstić information content (AvgIpc) is 3.32. The number of carbonyl (C=O) groups is 2. The van der Waals surface area contributed by atoms with Gasteiger partial charge in [0.05, 0.1) is 29.2 Å². The highest BCUT2D eigenvalue weighted by molar-refractivity contribution is 6.28. The van der Waals surface area contributed by atoms with Gasteiger partial charge in [0.25, 0.3) is 0 Å². The fourth-order valence-electron chi connectivity index (χ4n) is 5.27. The maximum atomic E-state index is 13.5. The summed E-state index contributed by atoms with van der Waals surface area (Å²) < 4.78 is 5.79.